The smallest absolute Gasteiger partial charge is 0.283 e. The lowest BCUT2D eigenvalue weighted by molar-refractivity contribution is -0.385. The Morgan fingerprint density at radius 2 is 1.79 bits per heavy atom. The number of hydrogen-bond acceptors (Lipinski definition) is 3. The minimum absolute atomic E-state index is 0.126. The molecule has 0 aliphatic carbocycles. The van der Waals surface area contributed by atoms with Crippen LogP contribution in [0.1, 0.15) is 11.1 Å². The van der Waals surface area contributed by atoms with E-state index in [0.717, 1.165) is 11.1 Å². The molecule has 0 aliphatic rings. The van der Waals surface area contributed by atoms with Gasteiger partial charge in [0.2, 0.25) is 0 Å². The van der Waals surface area contributed by atoms with Crippen molar-refractivity contribution in [2.45, 2.75) is 13.2 Å². The fourth-order valence-corrected chi connectivity index (χ4v) is 2.38. The lowest BCUT2D eigenvalue weighted by Crippen LogP contribution is -1.99. The zero-order valence-corrected chi connectivity index (χ0v) is 12.2. The third-order valence-corrected chi connectivity index (χ3v) is 3.87. The number of rotatable bonds is 5. The van der Waals surface area contributed by atoms with Crippen LogP contribution in [0.3, 0.4) is 0 Å². The fourth-order valence-electron chi connectivity index (χ4n) is 1.67. The molecule has 98 valence electrons. The number of hydrogen-bond donors (Lipinski definition) is 0. The molecule has 0 spiro atoms. The number of nitrogens with zero attached hydrogens (tertiary/aromatic N) is 1. The molecule has 0 saturated carbocycles. The summed E-state index contributed by atoms with van der Waals surface area (Å²) in [7, 11) is 0. The summed E-state index contributed by atoms with van der Waals surface area (Å²) in [5, 5.41) is 10.8. The van der Waals surface area contributed by atoms with Crippen molar-refractivity contribution in [3.63, 3.8) is 0 Å². The van der Waals surface area contributed by atoms with Crippen molar-refractivity contribution in [2.75, 3.05) is 0 Å². The van der Waals surface area contributed by atoms with E-state index in [1.54, 1.807) is 6.07 Å². The first-order valence-corrected chi connectivity index (χ1v) is 6.80. The second-order valence-corrected chi connectivity index (χ2v) is 5.06. The third kappa shape index (κ3) is 3.74. The molecule has 2 aromatic rings. The molecule has 0 aromatic heterocycles. The van der Waals surface area contributed by atoms with Gasteiger partial charge in [0.05, 0.1) is 21.7 Å². The predicted octanol–water partition coefficient (Wildman–Crippen LogP) is 3.92. The molecule has 2 aromatic carbocycles. The molecular weight excluding hydrogens is 357 g/mol. The first-order valence-electron chi connectivity index (χ1n) is 5.72. The van der Waals surface area contributed by atoms with Crippen LogP contribution in [-0.4, -0.2) is 4.92 Å². The van der Waals surface area contributed by atoms with Gasteiger partial charge in [-0.15, -0.1) is 0 Å². The summed E-state index contributed by atoms with van der Waals surface area (Å²) in [4.78, 5) is 10.5. The van der Waals surface area contributed by atoms with E-state index in [9.17, 15) is 10.1 Å². The SMILES string of the molecule is O=[N+]([O-])c1cccc(COCc2ccccc2)c1I. The lowest BCUT2D eigenvalue weighted by atomic mass is 10.2. The van der Waals surface area contributed by atoms with E-state index in [-0.39, 0.29) is 10.6 Å². The molecule has 0 unspecified atom stereocenters. The van der Waals surface area contributed by atoms with Crippen LogP contribution in [0.25, 0.3) is 0 Å². The molecule has 0 N–H and O–H groups in total. The van der Waals surface area contributed by atoms with E-state index in [0.29, 0.717) is 16.8 Å². The molecule has 0 fully saturated rings. The molecule has 0 bridgehead atoms. The summed E-state index contributed by atoms with van der Waals surface area (Å²) >= 11 is 1.99. The van der Waals surface area contributed by atoms with Crippen molar-refractivity contribution in [3.8, 4) is 0 Å². The Labute approximate surface area is 124 Å². The Morgan fingerprint density at radius 1 is 1.05 bits per heavy atom. The second kappa shape index (κ2) is 6.63. The van der Waals surface area contributed by atoms with Gasteiger partial charge >= 0.3 is 0 Å². The van der Waals surface area contributed by atoms with Crippen molar-refractivity contribution >= 4 is 28.3 Å². The largest absolute Gasteiger partial charge is 0.372 e. The molecule has 5 heteroatoms. The van der Waals surface area contributed by atoms with Gasteiger partial charge in [0, 0.05) is 6.07 Å². The van der Waals surface area contributed by atoms with Crippen LogP contribution in [0.2, 0.25) is 0 Å². The quantitative estimate of drug-likeness (QED) is 0.456. The molecule has 0 heterocycles. The zero-order valence-electron chi connectivity index (χ0n) is 10.1. The number of benzene rings is 2. The van der Waals surface area contributed by atoms with Crippen molar-refractivity contribution in [2.24, 2.45) is 0 Å². The van der Waals surface area contributed by atoms with Crippen molar-refractivity contribution in [1.82, 2.24) is 0 Å². The van der Waals surface area contributed by atoms with Crippen molar-refractivity contribution in [3.05, 3.63) is 73.3 Å². The highest BCUT2D eigenvalue weighted by Gasteiger charge is 2.14. The normalized spacial score (nSPS) is 10.4. The van der Waals surface area contributed by atoms with E-state index in [2.05, 4.69) is 0 Å². The van der Waals surface area contributed by atoms with Gasteiger partial charge in [0.15, 0.2) is 0 Å². The standard InChI is InChI=1S/C14H12INO3/c15-14-12(7-4-8-13(14)16(17)18)10-19-9-11-5-2-1-3-6-11/h1-8H,9-10H2. The maximum Gasteiger partial charge on any atom is 0.283 e. The lowest BCUT2D eigenvalue weighted by Gasteiger charge is -2.06. The Bertz CT molecular complexity index is 572. The number of nitro benzene ring substituents is 1. The van der Waals surface area contributed by atoms with Crippen LogP contribution in [0.5, 0.6) is 0 Å². The van der Waals surface area contributed by atoms with Crippen molar-refractivity contribution < 1.29 is 9.66 Å². The molecule has 4 nitrogen and oxygen atoms in total. The minimum atomic E-state index is -0.373. The first-order chi connectivity index (χ1) is 9.18. The van der Waals surface area contributed by atoms with Crippen LogP contribution in [-0.2, 0) is 18.0 Å². The molecule has 0 aliphatic heterocycles. The van der Waals surface area contributed by atoms with Crippen LogP contribution in [0.15, 0.2) is 48.5 Å². The van der Waals surface area contributed by atoms with Gasteiger partial charge in [-0.1, -0.05) is 42.5 Å². The number of halogens is 1. The summed E-state index contributed by atoms with van der Waals surface area (Å²) in [5.74, 6) is 0. The van der Waals surface area contributed by atoms with Crippen LogP contribution < -0.4 is 0 Å². The third-order valence-electron chi connectivity index (χ3n) is 2.62. The highest BCUT2D eigenvalue weighted by atomic mass is 127. The Kier molecular flexibility index (Phi) is 4.86. The van der Waals surface area contributed by atoms with Gasteiger partial charge < -0.3 is 4.74 Å². The van der Waals surface area contributed by atoms with E-state index < -0.39 is 0 Å². The molecule has 0 atom stereocenters. The van der Waals surface area contributed by atoms with Gasteiger partial charge in [0.25, 0.3) is 5.69 Å². The minimum Gasteiger partial charge on any atom is -0.372 e. The highest BCUT2D eigenvalue weighted by Crippen LogP contribution is 2.24. The summed E-state index contributed by atoms with van der Waals surface area (Å²) in [6, 6.07) is 14.9. The van der Waals surface area contributed by atoms with E-state index in [1.165, 1.54) is 6.07 Å². The van der Waals surface area contributed by atoms with E-state index >= 15 is 0 Å². The van der Waals surface area contributed by atoms with Gasteiger partial charge in [-0.25, -0.2) is 0 Å². The van der Waals surface area contributed by atoms with Crippen LogP contribution in [0, 0.1) is 13.7 Å². The second-order valence-electron chi connectivity index (χ2n) is 3.99. The predicted molar refractivity (Wildman–Crippen MR) is 80.7 cm³/mol. The topological polar surface area (TPSA) is 52.4 Å². The fraction of sp³-hybridized carbons (Fsp3) is 0.143. The van der Waals surface area contributed by atoms with Crippen molar-refractivity contribution in [1.29, 1.82) is 0 Å². The first kappa shape index (κ1) is 14.0. The average Bonchev–Trinajstić information content (AvgIpc) is 2.41. The van der Waals surface area contributed by atoms with E-state index in [4.69, 9.17) is 4.74 Å². The number of nitro groups is 1. The van der Waals surface area contributed by atoms with Gasteiger partial charge in [0.1, 0.15) is 0 Å². The Hall–Kier alpha value is -1.47. The molecular formula is C14H12INO3. The van der Waals surface area contributed by atoms with Gasteiger partial charge in [-0.2, -0.15) is 0 Å². The Balaban J connectivity index is 2.00. The molecule has 19 heavy (non-hydrogen) atoms. The number of ether oxygens (including phenoxy) is 1. The molecule has 0 radical (unpaired) electrons. The summed E-state index contributed by atoms with van der Waals surface area (Å²) < 4.78 is 6.23. The maximum atomic E-state index is 10.8. The van der Waals surface area contributed by atoms with Gasteiger partial charge in [-0.05, 0) is 33.7 Å². The zero-order chi connectivity index (χ0) is 13.7. The summed E-state index contributed by atoms with van der Waals surface area (Å²) in [5.41, 5.74) is 2.05. The summed E-state index contributed by atoms with van der Waals surface area (Å²) in [6.07, 6.45) is 0. The Morgan fingerprint density at radius 3 is 2.47 bits per heavy atom. The maximum absolute atomic E-state index is 10.8. The molecule has 2 rings (SSSR count). The molecule has 0 saturated heterocycles. The monoisotopic (exact) mass is 369 g/mol. The highest BCUT2D eigenvalue weighted by molar-refractivity contribution is 14.1. The van der Waals surface area contributed by atoms with E-state index in [1.807, 2.05) is 59.0 Å². The molecule has 0 amide bonds. The van der Waals surface area contributed by atoms with Gasteiger partial charge in [-0.3, -0.25) is 10.1 Å². The average molecular weight is 369 g/mol. The van der Waals surface area contributed by atoms with Crippen LogP contribution in [0.4, 0.5) is 5.69 Å². The summed E-state index contributed by atoms with van der Waals surface area (Å²) in [6.45, 7) is 0.870. The van der Waals surface area contributed by atoms with Crippen LogP contribution >= 0.6 is 22.6 Å².